The molecule has 0 spiro atoms. The summed E-state index contributed by atoms with van der Waals surface area (Å²) in [5, 5.41) is 1.34. The number of para-hydroxylation sites is 1. The average Bonchev–Trinajstić information content (AvgIpc) is 2.50. The Morgan fingerprint density at radius 1 is 1.04 bits per heavy atom. The molecule has 4 nitrogen and oxygen atoms in total. The van der Waals surface area contributed by atoms with E-state index in [0.717, 1.165) is 0 Å². The van der Waals surface area contributed by atoms with E-state index in [1.165, 1.54) is 37.7 Å². The van der Waals surface area contributed by atoms with Crippen LogP contribution in [0.15, 0.2) is 18.2 Å². The number of hydrogen-bond donors (Lipinski definition) is 1. The van der Waals surface area contributed by atoms with Crippen LogP contribution in [-0.2, 0) is 11.3 Å². The maximum Gasteiger partial charge on any atom is 0.460 e. The molecule has 1 aromatic carbocycles. The largest absolute Gasteiger partial charge is 0.493 e. The maximum absolute atomic E-state index is 13.2. The minimum atomic E-state index is -6.58. The van der Waals surface area contributed by atoms with Crippen molar-refractivity contribution in [3.8, 4) is 11.5 Å². The van der Waals surface area contributed by atoms with Crippen LogP contribution in [-0.4, -0.2) is 38.1 Å². The first kappa shape index (κ1) is 19.8. The number of ether oxygens (including phenoxy) is 2. The fraction of sp³-hybridized carbons (Fsp3) is 0.462. The lowest BCUT2D eigenvalue weighted by Crippen LogP contribution is -2.59. The molecule has 0 aliphatic carbocycles. The number of amides is 1. The Kier molecular flexibility index (Phi) is 5.57. The number of benzene rings is 1. The van der Waals surface area contributed by atoms with Gasteiger partial charge in [0.1, 0.15) is 0 Å². The number of methoxy groups -OCH3 is 2. The summed E-state index contributed by atoms with van der Waals surface area (Å²) in [6.45, 7) is -0.775. The summed E-state index contributed by atoms with van der Waals surface area (Å²) in [6, 6.07) is 4.09. The zero-order valence-electron chi connectivity index (χ0n) is 12.3. The van der Waals surface area contributed by atoms with Crippen LogP contribution in [0, 0.1) is 0 Å². The molecule has 1 N–H and O–H groups in total. The zero-order valence-corrected chi connectivity index (χ0v) is 12.3. The van der Waals surface area contributed by atoms with Gasteiger partial charge in [0, 0.05) is 12.1 Å². The van der Waals surface area contributed by atoms with Crippen LogP contribution in [0.1, 0.15) is 5.56 Å². The Labute approximate surface area is 131 Å². The first-order valence-corrected chi connectivity index (χ1v) is 6.20. The van der Waals surface area contributed by atoms with Gasteiger partial charge in [-0.1, -0.05) is 12.1 Å². The highest BCUT2D eigenvalue weighted by molar-refractivity contribution is 5.84. The third-order valence-corrected chi connectivity index (χ3v) is 2.96. The van der Waals surface area contributed by atoms with Gasteiger partial charge in [-0.2, -0.15) is 30.7 Å². The lowest BCUT2D eigenvalue weighted by atomic mass is 10.1. The van der Waals surface area contributed by atoms with Gasteiger partial charge in [-0.15, -0.1) is 0 Å². The van der Waals surface area contributed by atoms with Gasteiger partial charge in [0.15, 0.2) is 11.5 Å². The first-order valence-electron chi connectivity index (χ1n) is 6.20. The fourth-order valence-electron chi connectivity index (χ4n) is 1.70. The number of alkyl halides is 7. The van der Waals surface area contributed by atoms with E-state index in [1.54, 1.807) is 0 Å². The van der Waals surface area contributed by atoms with Crippen LogP contribution >= 0.6 is 0 Å². The minimum Gasteiger partial charge on any atom is -0.493 e. The molecule has 1 amide bonds. The number of halogens is 7. The monoisotopic (exact) mass is 363 g/mol. The predicted molar refractivity (Wildman–Crippen MR) is 67.3 cm³/mol. The lowest BCUT2D eigenvalue weighted by Gasteiger charge is -2.27. The SMILES string of the molecule is COc1cccc(CNC(=O)C(F)(F)C(F)(F)C(F)(F)F)c1OC. The number of carbonyl (C=O) groups excluding carboxylic acids is 1. The average molecular weight is 363 g/mol. The highest BCUT2D eigenvalue weighted by atomic mass is 19.4. The predicted octanol–water partition coefficient (Wildman–Crippen LogP) is 3.15. The summed E-state index contributed by atoms with van der Waals surface area (Å²) in [5.74, 6) is -15.1. The molecule has 0 unspecified atom stereocenters. The Hall–Kier alpha value is -2.20. The van der Waals surface area contributed by atoms with Crippen molar-refractivity contribution in [3.63, 3.8) is 0 Å². The molecule has 0 bridgehead atoms. The van der Waals surface area contributed by atoms with Crippen molar-refractivity contribution in [1.29, 1.82) is 0 Å². The summed E-state index contributed by atoms with van der Waals surface area (Å²) in [5.41, 5.74) is 0.0383. The smallest absolute Gasteiger partial charge is 0.460 e. The highest BCUT2D eigenvalue weighted by Gasteiger charge is 2.76. The molecule has 0 atom stereocenters. The molecule has 0 fully saturated rings. The number of carbonyl (C=O) groups is 1. The molecule has 11 heteroatoms. The molecule has 0 saturated heterocycles. The highest BCUT2D eigenvalue weighted by Crippen LogP contribution is 2.46. The van der Waals surface area contributed by atoms with Crippen LogP contribution in [0.25, 0.3) is 0 Å². The summed E-state index contributed by atoms with van der Waals surface area (Å²) in [7, 11) is 2.45. The first-order chi connectivity index (χ1) is 10.9. The van der Waals surface area contributed by atoms with Gasteiger partial charge in [0.25, 0.3) is 5.91 Å². The van der Waals surface area contributed by atoms with Crippen LogP contribution < -0.4 is 14.8 Å². The normalized spacial score (nSPS) is 12.7. The van der Waals surface area contributed by atoms with Gasteiger partial charge in [-0.3, -0.25) is 4.79 Å². The van der Waals surface area contributed by atoms with E-state index in [1.807, 2.05) is 0 Å². The third kappa shape index (κ3) is 3.49. The van der Waals surface area contributed by atoms with Crippen LogP contribution in [0.5, 0.6) is 11.5 Å². The second-order valence-electron chi connectivity index (χ2n) is 4.48. The zero-order chi connectivity index (χ0) is 18.8. The Balaban J connectivity index is 2.98. The van der Waals surface area contributed by atoms with Crippen molar-refractivity contribution in [2.24, 2.45) is 0 Å². The van der Waals surface area contributed by atoms with Gasteiger partial charge in [0.05, 0.1) is 14.2 Å². The molecule has 24 heavy (non-hydrogen) atoms. The van der Waals surface area contributed by atoms with E-state index >= 15 is 0 Å². The molecule has 0 aliphatic heterocycles. The Morgan fingerprint density at radius 3 is 2.08 bits per heavy atom. The van der Waals surface area contributed by atoms with E-state index in [9.17, 15) is 35.5 Å². The van der Waals surface area contributed by atoms with Crippen molar-refractivity contribution in [3.05, 3.63) is 23.8 Å². The molecule has 0 radical (unpaired) electrons. The second kappa shape index (κ2) is 6.73. The Morgan fingerprint density at radius 2 is 1.62 bits per heavy atom. The minimum absolute atomic E-state index is 0.00574. The molecule has 0 aromatic heterocycles. The summed E-state index contributed by atoms with van der Waals surface area (Å²) < 4.78 is 97.8. The van der Waals surface area contributed by atoms with Gasteiger partial charge >= 0.3 is 18.0 Å². The van der Waals surface area contributed by atoms with Crippen molar-refractivity contribution in [2.75, 3.05) is 14.2 Å². The fourth-order valence-corrected chi connectivity index (χ4v) is 1.70. The van der Waals surface area contributed by atoms with Crippen molar-refractivity contribution < 1.29 is 45.0 Å². The quantitative estimate of drug-likeness (QED) is 0.790. The van der Waals surface area contributed by atoms with Crippen LogP contribution in [0.4, 0.5) is 30.7 Å². The molecule has 1 aromatic rings. The summed E-state index contributed by atoms with van der Waals surface area (Å²) >= 11 is 0. The van der Waals surface area contributed by atoms with Gasteiger partial charge in [-0.25, -0.2) is 0 Å². The summed E-state index contributed by atoms with van der Waals surface area (Å²) in [6.07, 6.45) is -6.58. The molecule has 0 heterocycles. The molecular weight excluding hydrogens is 351 g/mol. The molecule has 0 saturated carbocycles. The standard InChI is InChI=1S/C13H12F7NO3/c1-23-8-5-3-4-7(9(8)24-2)6-21-10(22)11(14,15)12(16,17)13(18,19)20/h3-5H,6H2,1-2H3,(H,21,22). The Bertz CT molecular complexity index is 602. The van der Waals surface area contributed by atoms with E-state index in [2.05, 4.69) is 0 Å². The number of hydrogen-bond acceptors (Lipinski definition) is 3. The lowest BCUT2D eigenvalue weighted by molar-refractivity contribution is -0.344. The van der Waals surface area contributed by atoms with Crippen LogP contribution in [0.2, 0.25) is 0 Å². The maximum atomic E-state index is 13.2. The van der Waals surface area contributed by atoms with Gasteiger partial charge in [0.2, 0.25) is 0 Å². The topological polar surface area (TPSA) is 47.6 Å². The molecule has 0 aliphatic rings. The molecular formula is C13H12F7NO3. The van der Waals surface area contributed by atoms with Crippen molar-refractivity contribution in [1.82, 2.24) is 5.32 Å². The van der Waals surface area contributed by atoms with Crippen LogP contribution in [0.3, 0.4) is 0 Å². The van der Waals surface area contributed by atoms with Gasteiger partial charge < -0.3 is 14.8 Å². The number of nitrogens with one attached hydrogen (secondary N) is 1. The van der Waals surface area contributed by atoms with Crippen molar-refractivity contribution >= 4 is 5.91 Å². The number of rotatable bonds is 6. The van der Waals surface area contributed by atoms with E-state index in [0.29, 0.717) is 0 Å². The second-order valence-corrected chi connectivity index (χ2v) is 4.48. The van der Waals surface area contributed by atoms with E-state index in [4.69, 9.17) is 9.47 Å². The third-order valence-electron chi connectivity index (χ3n) is 2.96. The van der Waals surface area contributed by atoms with E-state index < -0.39 is 30.5 Å². The van der Waals surface area contributed by atoms with E-state index in [-0.39, 0.29) is 17.1 Å². The van der Waals surface area contributed by atoms with Crippen molar-refractivity contribution in [2.45, 2.75) is 24.6 Å². The summed E-state index contributed by atoms with van der Waals surface area (Å²) in [4.78, 5) is 11.2. The molecule has 136 valence electrons. The molecule has 1 rings (SSSR count). The van der Waals surface area contributed by atoms with Gasteiger partial charge in [-0.05, 0) is 6.07 Å².